The monoisotopic (exact) mass is 344 g/mol. The van der Waals surface area contributed by atoms with Gasteiger partial charge in [-0.1, -0.05) is 6.07 Å². The molecule has 0 atom stereocenters. The number of hydrogen-bond donors (Lipinski definition) is 2. The third-order valence-electron chi connectivity index (χ3n) is 3.83. The van der Waals surface area contributed by atoms with E-state index >= 15 is 0 Å². The van der Waals surface area contributed by atoms with Gasteiger partial charge < -0.3 is 20.1 Å². The van der Waals surface area contributed by atoms with Crippen molar-refractivity contribution >= 4 is 5.96 Å². The number of fused-ring (bicyclic) bond motifs is 1. The zero-order valence-corrected chi connectivity index (χ0v) is 14.1. The molecule has 1 aliphatic rings. The molecule has 132 valence electrons. The number of nitrogens with zero attached hydrogens (tertiary/aromatic N) is 2. The highest BCUT2D eigenvalue weighted by molar-refractivity contribution is 5.79. The zero-order valence-electron chi connectivity index (χ0n) is 14.1. The Morgan fingerprint density at radius 1 is 1.32 bits per heavy atom. The van der Waals surface area contributed by atoms with E-state index in [0.29, 0.717) is 32.1 Å². The number of hydrogen-bond acceptors (Lipinski definition) is 4. The van der Waals surface area contributed by atoms with Crippen LogP contribution in [0.25, 0.3) is 0 Å². The maximum absolute atomic E-state index is 13.7. The molecule has 3 rings (SSSR count). The van der Waals surface area contributed by atoms with Crippen molar-refractivity contribution in [3.05, 3.63) is 59.2 Å². The largest absolute Gasteiger partial charge is 0.467 e. The molecule has 1 aromatic heterocycles. The molecule has 0 saturated heterocycles. The fourth-order valence-electron chi connectivity index (χ4n) is 2.66. The van der Waals surface area contributed by atoms with Crippen LogP contribution in [0.4, 0.5) is 4.39 Å². The van der Waals surface area contributed by atoms with Crippen molar-refractivity contribution < 1.29 is 13.9 Å². The second kappa shape index (κ2) is 8.43. The van der Waals surface area contributed by atoms with Crippen molar-refractivity contribution in [1.82, 2.24) is 15.6 Å². The standard InChI is InChI=1S/C18H21FN4O2/c1-20-18(23-10-16-4-2-3-6-21-16)22-7-5-13-8-15(19)9-14-11-24-12-25-17(13)14/h2-4,6,8-9H,5,7,10-12H2,1H3,(H2,20,22,23). The average Bonchev–Trinajstić information content (AvgIpc) is 2.65. The molecule has 1 aliphatic heterocycles. The van der Waals surface area contributed by atoms with E-state index in [1.165, 1.54) is 12.1 Å². The van der Waals surface area contributed by atoms with Crippen LogP contribution < -0.4 is 15.4 Å². The van der Waals surface area contributed by atoms with E-state index in [9.17, 15) is 4.39 Å². The number of benzene rings is 1. The van der Waals surface area contributed by atoms with Gasteiger partial charge in [0, 0.05) is 25.4 Å². The van der Waals surface area contributed by atoms with Crippen molar-refractivity contribution in [3.8, 4) is 5.75 Å². The average molecular weight is 344 g/mol. The first-order valence-corrected chi connectivity index (χ1v) is 8.12. The highest BCUT2D eigenvalue weighted by Gasteiger charge is 2.16. The van der Waals surface area contributed by atoms with Crippen LogP contribution >= 0.6 is 0 Å². The summed E-state index contributed by atoms with van der Waals surface area (Å²) < 4.78 is 24.5. The molecule has 6 nitrogen and oxygen atoms in total. The molecule has 2 aromatic rings. The fourth-order valence-corrected chi connectivity index (χ4v) is 2.66. The maximum Gasteiger partial charge on any atom is 0.191 e. The van der Waals surface area contributed by atoms with Gasteiger partial charge in [0.2, 0.25) is 0 Å². The predicted molar refractivity (Wildman–Crippen MR) is 92.8 cm³/mol. The van der Waals surface area contributed by atoms with Crippen LogP contribution in [0, 0.1) is 5.82 Å². The van der Waals surface area contributed by atoms with Crippen LogP contribution in [0.1, 0.15) is 16.8 Å². The summed E-state index contributed by atoms with van der Waals surface area (Å²) in [5.41, 5.74) is 2.50. The Bertz CT molecular complexity index is 737. The number of rotatable bonds is 5. The molecular formula is C18H21FN4O2. The molecule has 0 amide bonds. The van der Waals surface area contributed by atoms with Crippen LogP contribution in [0.5, 0.6) is 5.75 Å². The molecule has 0 bridgehead atoms. The summed E-state index contributed by atoms with van der Waals surface area (Å²) in [6.45, 7) is 1.76. The van der Waals surface area contributed by atoms with E-state index < -0.39 is 0 Å². The van der Waals surface area contributed by atoms with Gasteiger partial charge in [0.1, 0.15) is 11.6 Å². The number of nitrogens with one attached hydrogen (secondary N) is 2. The molecule has 0 aliphatic carbocycles. The van der Waals surface area contributed by atoms with Gasteiger partial charge in [-0.2, -0.15) is 0 Å². The first-order valence-electron chi connectivity index (χ1n) is 8.12. The van der Waals surface area contributed by atoms with Gasteiger partial charge in [0.15, 0.2) is 12.8 Å². The molecule has 2 heterocycles. The molecule has 0 fully saturated rings. The number of ether oxygens (including phenoxy) is 2. The van der Waals surface area contributed by atoms with E-state index in [-0.39, 0.29) is 12.6 Å². The second-order valence-corrected chi connectivity index (χ2v) is 5.59. The zero-order chi connectivity index (χ0) is 17.5. The third kappa shape index (κ3) is 4.67. The Hall–Kier alpha value is -2.67. The minimum absolute atomic E-state index is 0.201. The molecule has 0 saturated carbocycles. The number of aliphatic imine (C=N–C) groups is 1. The summed E-state index contributed by atoms with van der Waals surface area (Å²) in [7, 11) is 1.71. The van der Waals surface area contributed by atoms with Crippen LogP contribution in [0.2, 0.25) is 0 Å². The van der Waals surface area contributed by atoms with E-state index in [1.54, 1.807) is 13.2 Å². The Labute approximate surface area is 146 Å². The number of guanidine groups is 1. The van der Waals surface area contributed by atoms with Crippen LogP contribution in [-0.4, -0.2) is 31.3 Å². The summed E-state index contributed by atoms with van der Waals surface area (Å²) in [5.74, 6) is 1.12. The number of halogens is 1. The third-order valence-corrected chi connectivity index (χ3v) is 3.83. The van der Waals surface area contributed by atoms with E-state index in [4.69, 9.17) is 9.47 Å². The van der Waals surface area contributed by atoms with Crippen molar-refractivity contribution in [3.63, 3.8) is 0 Å². The van der Waals surface area contributed by atoms with Gasteiger partial charge in [-0.3, -0.25) is 9.98 Å². The smallest absolute Gasteiger partial charge is 0.191 e. The molecule has 0 unspecified atom stereocenters. The van der Waals surface area contributed by atoms with Gasteiger partial charge in [0.05, 0.1) is 18.8 Å². The van der Waals surface area contributed by atoms with E-state index in [2.05, 4.69) is 20.6 Å². The molecule has 25 heavy (non-hydrogen) atoms. The Balaban J connectivity index is 1.54. The topological polar surface area (TPSA) is 67.8 Å². The SMILES string of the molecule is CN=C(NCCc1cc(F)cc2c1OCOC2)NCc1ccccn1. The molecular weight excluding hydrogens is 323 g/mol. The van der Waals surface area contributed by atoms with Crippen molar-refractivity contribution in [2.24, 2.45) is 4.99 Å². The normalized spacial score (nSPS) is 13.8. The summed E-state index contributed by atoms with van der Waals surface area (Å²) >= 11 is 0. The Morgan fingerprint density at radius 3 is 3.04 bits per heavy atom. The number of pyridine rings is 1. The maximum atomic E-state index is 13.7. The molecule has 2 N–H and O–H groups in total. The molecule has 7 heteroatoms. The van der Waals surface area contributed by atoms with Crippen LogP contribution in [0.15, 0.2) is 41.5 Å². The lowest BCUT2D eigenvalue weighted by atomic mass is 10.1. The van der Waals surface area contributed by atoms with E-state index in [1.807, 2.05) is 18.2 Å². The highest BCUT2D eigenvalue weighted by atomic mass is 19.1. The Morgan fingerprint density at radius 2 is 2.24 bits per heavy atom. The first-order chi connectivity index (χ1) is 12.3. The van der Waals surface area contributed by atoms with Gasteiger partial charge in [-0.25, -0.2) is 4.39 Å². The molecule has 0 radical (unpaired) electrons. The van der Waals surface area contributed by atoms with Gasteiger partial charge in [-0.05, 0) is 36.2 Å². The fraction of sp³-hybridized carbons (Fsp3) is 0.333. The van der Waals surface area contributed by atoms with Gasteiger partial charge in [0.25, 0.3) is 0 Å². The van der Waals surface area contributed by atoms with Crippen LogP contribution in [-0.2, 0) is 24.3 Å². The lowest BCUT2D eigenvalue weighted by Crippen LogP contribution is -2.38. The Kier molecular flexibility index (Phi) is 5.79. The first kappa shape index (κ1) is 17.2. The van der Waals surface area contributed by atoms with Gasteiger partial charge in [-0.15, -0.1) is 0 Å². The molecule has 0 spiro atoms. The predicted octanol–water partition coefficient (Wildman–Crippen LogP) is 1.99. The lowest BCUT2D eigenvalue weighted by Gasteiger charge is -2.21. The summed E-state index contributed by atoms with van der Waals surface area (Å²) in [6.07, 6.45) is 2.37. The summed E-state index contributed by atoms with van der Waals surface area (Å²) in [5, 5.41) is 6.41. The minimum atomic E-state index is -0.277. The summed E-state index contributed by atoms with van der Waals surface area (Å²) in [6, 6.07) is 8.73. The molecule has 1 aromatic carbocycles. The van der Waals surface area contributed by atoms with Crippen molar-refractivity contribution in [2.45, 2.75) is 19.6 Å². The number of aromatic nitrogens is 1. The van der Waals surface area contributed by atoms with Crippen LogP contribution in [0.3, 0.4) is 0 Å². The van der Waals surface area contributed by atoms with Crippen molar-refractivity contribution in [1.29, 1.82) is 0 Å². The summed E-state index contributed by atoms with van der Waals surface area (Å²) in [4.78, 5) is 8.44. The van der Waals surface area contributed by atoms with E-state index in [0.717, 1.165) is 22.6 Å². The lowest BCUT2D eigenvalue weighted by molar-refractivity contribution is -0.0172. The van der Waals surface area contributed by atoms with Crippen molar-refractivity contribution in [2.75, 3.05) is 20.4 Å². The quantitative estimate of drug-likeness (QED) is 0.641. The highest BCUT2D eigenvalue weighted by Crippen LogP contribution is 2.29. The van der Waals surface area contributed by atoms with Gasteiger partial charge >= 0.3 is 0 Å². The second-order valence-electron chi connectivity index (χ2n) is 5.59. The minimum Gasteiger partial charge on any atom is -0.467 e.